The van der Waals surface area contributed by atoms with Crippen molar-refractivity contribution in [2.75, 3.05) is 0 Å². The van der Waals surface area contributed by atoms with Gasteiger partial charge in [-0.3, -0.25) is 14.4 Å². The van der Waals surface area contributed by atoms with Crippen LogP contribution in [0.15, 0.2) is 117 Å². The number of hydrogen-bond donors (Lipinski definition) is 1. The number of nitrogens with two attached hydrogens (primary N) is 1. The van der Waals surface area contributed by atoms with Crippen molar-refractivity contribution >= 4 is 41.0 Å². The van der Waals surface area contributed by atoms with Crippen LogP contribution in [-0.4, -0.2) is 17.5 Å². The number of fused-ring (bicyclic) bond motifs is 2. The van der Waals surface area contributed by atoms with Crippen molar-refractivity contribution in [1.82, 2.24) is 0 Å². The Hall–Kier alpha value is -3.87. The van der Waals surface area contributed by atoms with Crippen molar-refractivity contribution in [3.05, 3.63) is 124 Å². The van der Waals surface area contributed by atoms with Crippen LogP contribution in [0.2, 0.25) is 0 Å². The van der Waals surface area contributed by atoms with Gasteiger partial charge in [-0.25, -0.2) is 0 Å². The fourth-order valence-electron chi connectivity index (χ4n) is 4.10. The molecule has 2 N–H and O–H groups in total. The van der Waals surface area contributed by atoms with Gasteiger partial charge in [0.25, 0.3) is 0 Å². The molecule has 0 radical (unpaired) electrons. The fraction of sp³-hybridized carbons (Fsp3) is 0.0333. The van der Waals surface area contributed by atoms with Crippen molar-refractivity contribution < 1.29 is 14.4 Å². The highest BCUT2D eigenvalue weighted by Crippen LogP contribution is 2.40. The molecule has 0 saturated heterocycles. The number of carbonyl (C=O) groups excluding carboxylic acids is 3. The Bertz CT molecular complexity index is 1560. The molecule has 1 amide bonds. The summed E-state index contributed by atoms with van der Waals surface area (Å²) in [5, 5.41) is 1.71. The highest BCUT2D eigenvalue weighted by molar-refractivity contribution is 8.02. The van der Waals surface area contributed by atoms with Crippen molar-refractivity contribution in [3.63, 3.8) is 0 Å². The van der Waals surface area contributed by atoms with E-state index in [2.05, 4.69) is 0 Å². The molecule has 36 heavy (non-hydrogen) atoms. The van der Waals surface area contributed by atoms with Gasteiger partial charge in [-0.1, -0.05) is 84.2 Å². The van der Waals surface area contributed by atoms with Gasteiger partial charge in [-0.15, -0.1) is 0 Å². The van der Waals surface area contributed by atoms with Crippen LogP contribution in [0.25, 0.3) is 11.1 Å². The summed E-state index contributed by atoms with van der Waals surface area (Å²) in [4.78, 5) is 41.5. The third kappa shape index (κ3) is 4.53. The molecule has 176 valence electrons. The van der Waals surface area contributed by atoms with E-state index in [-0.39, 0.29) is 11.6 Å². The summed E-state index contributed by atoms with van der Waals surface area (Å²) in [5.74, 6) is -0.775. The molecule has 0 aliphatic heterocycles. The van der Waals surface area contributed by atoms with Crippen LogP contribution in [0.1, 0.15) is 38.8 Å². The maximum atomic E-state index is 13.8. The molecule has 0 fully saturated rings. The van der Waals surface area contributed by atoms with E-state index >= 15 is 0 Å². The van der Waals surface area contributed by atoms with E-state index in [0.29, 0.717) is 33.4 Å². The van der Waals surface area contributed by atoms with Gasteiger partial charge in [0, 0.05) is 42.5 Å². The largest absolute Gasteiger partial charge is 0.366 e. The molecule has 1 aliphatic carbocycles. The molecular weight excluding hydrogens is 486 g/mol. The predicted molar refractivity (Wildman–Crippen MR) is 145 cm³/mol. The van der Waals surface area contributed by atoms with Crippen LogP contribution in [0.5, 0.6) is 0 Å². The molecule has 6 heteroatoms. The Balaban J connectivity index is 1.56. The first kappa shape index (κ1) is 23.9. The molecule has 0 saturated carbocycles. The lowest BCUT2D eigenvalue weighted by Crippen LogP contribution is -2.22. The molecule has 4 aromatic rings. The first-order valence-electron chi connectivity index (χ1n) is 11.3. The maximum absolute atomic E-state index is 13.8. The van der Waals surface area contributed by atoms with Gasteiger partial charge in [-0.05, 0) is 53.8 Å². The molecule has 0 heterocycles. The molecule has 0 unspecified atom stereocenters. The number of carbonyl (C=O) groups is 3. The SMILES string of the molecule is CC(=CSc1cccc(-c2cccc3c2C(=O)c2cccc(Sc4ccccc4)c2C3=O)c1)C(N)=O. The zero-order chi connectivity index (χ0) is 25.2. The number of hydrogen-bond acceptors (Lipinski definition) is 5. The van der Waals surface area contributed by atoms with E-state index in [9.17, 15) is 14.4 Å². The molecule has 0 aromatic heterocycles. The fourth-order valence-corrected chi connectivity index (χ4v) is 5.88. The van der Waals surface area contributed by atoms with Crippen molar-refractivity contribution in [1.29, 1.82) is 0 Å². The van der Waals surface area contributed by atoms with Crippen LogP contribution < -0.4 is 5.73 Å². The number of primary amides is 1. The highest BCUT2D eigenvalue weighted by atomic mass is 32.2. The minimum Gasteiger partial charge on any atom is -0.366 e. The van der Waals surface area contributed by atoms with Crippen LogP contribution >= 0.6 is 23.5 Å². The summed E-state index contributed by atoms with van der Waals surface area (Å²) < 4.78 is 0. The Morgan fingerprint density at radius 2 is 1.33 bits per heavy atom. The van der Waals surface area contributed by atoms with Gasteiger partial charge in [0.05, 0.1) is 0 Å². The van der Waals surface area contributed by atoms with Gasteiger partial charge in [0.15, 0.2) is 11.6 Å². The van der Waals surface area contributed by atoms with Gasteiger partial charge < -0.3 is 5.73 Å². The summed E-state index contributed by atoms with van der Waals surface area (Å²) in [6.45, 7) is 1.67. The second-order valence-corrected chi connectivity index (χ2v) is 10.3. The third-order valence-electron chi connectivity index (χ3n) is 5.91. The molecule has 5 rings (SSSR count). The standard InChI is InChI=1S/C30H21NO3S2/c1-18(30(31)34)17-35-21-11-5-8-19(16-21)22-12-6-13-23-26(22)28(32)24-14-7-15-25(27(24)29(23)33)36-20-9-3-2-4-10-20/h2-17H,1H3,(H2,31,34). The molecule has 4 aromatic carbocycles. The maximum Gasteiger partial charge on any atom is 0.244 e. The van der Waals surface area contributed by atoms with Gasteiger partial charge in [0.1, 0.15) is 0 Å². The number of ketones is 2. The third-order valence-corrected chi connectivity index (χ3v) is 7.98. The van der Waals surface area contributed by atoms with Crippen LogP contribution in [0.3, 0.4) is 0 Å². The Labute approximate surface area is 217 Å². The average Bonchev–Trinajstić information content (AvgIpc) is 2.90. The van der Waals surface area contributed by atoms with E-state index < -0.39 is 5.91 Å². The summed E-state index contributed by atoms with van der Waals surface area (Å²) in [6.07, 6.45) is 0. The minimum absolute atomic E-state index is 0.147. The van der Waals surface area contributed by atoms with E-state index in [1.54, 1.807) is 24.5 Å². The molecular formula is C30H21NO3S2. The summed E-state index contributed by atoms with van der Waals surface area (Å²) in [6, 6.07) is 28.3. The number of benzene rings is 4. The van der Waals surface area contributed by atoms with E-state index in [4.69, 9.17) is 5.73 Å². The summed E-state index contributed by atoms with van der Waals surface area (Å²) >= 11 is 2.86. The quantitative estimate of drug-likeness (QED) is 0.203. The van der Waals surface area contributed by atoms with Crippen LogP contribution in [0.4, 0.5) is 0 Å². The van der Waals surface area contributed by atoms with Crippen LogP contribution in [-0.2, 0) is 4.79 Å². The van der Waals surface area contributed by atoms with Crippen molar-refractivity contribution in [2.24, 2.45) is 5.73 Å². The lowest BCUT2D eigenvalue weighted by atomic mass is 9.80. The molecule has 0 bridgehead atoms. The first-order valence-corrected chi connectivity index (χ1v) is 13.0. The Kier molecular flexibility index (Phi) is 6.63. The Morgan fingerprint density at radius 1 is 0.722 bits per heavy atom. The summed E-state index contributed by atoms with van der Waals surface area (Å²) in [7, 11) is 0. The number of rotatable bonds is 6. The summed E-state index contributed by atoms with van der Waals surface area (Å²) in [5.41, 5.74) is 9.02. The smallest absolute Gasteiger partial charge is 0.244 e. The lowest BCUT2D eigenvalue weighted by molar-refractivity contribution is -0.114. The molecule has 0 atom stereocenters. The number of thioether (sulfide) groups is 1. The number of amides is 1. The highest BCUT2D eigenvalue weighted by Gasteiger charge is 2.33. The van der Waals surface area contributed by atoms with E-state index in [0.717, 1.165) is 20.2 Å². The predicted octanol–water partition coefficient (Wildman–Crippen LogP) is 6.76. The Morgan fingerprint density at radius 3 is 2.08 bits per heavy atom. The van der Waals surface area contributed by atoms with Gasteiger partial charge in [-0.2, -0.15) is 0 Å². The minimum atomic E-state index is -0.469. The zero-order valence-electron chi connectivity index (χ0n) is 19.4. The normalized spacial score (nSPS) is 12.8. The van der Waals surface area contributed by atoms with E-state index in [1.807, 2.05) is 78.9 Å². The second-order valence-electron chi connectivity index (χ2n) is 8.29. The van der Waals surface area contributed by atoms with Crippen LogP contribution in [0, 0.1) is 0 Å². The van der Waals surface area contributed by atoms with Crippen molar-refractivity contribution in [2.45, 2.75) is 21.6 Å². The van der Waals surface area contributed by atoms with Gasteiger partial charge >= 0.3 is 0 Å². The molecule has 0 spiro atoms. The zero-order valence-corrected chi connectivity index (χ0v) is 21.0. The second kappa shape index (κ2) is 10.0. The first-order chi connectivity index (χ1) is 17.4. The average molecular weight is 508 g/mol. The lowest BCUT2D eigenvalue weighted by Gasteiger charge is -2.22. The topological polar surface area (TPSA) is 77.2 Å². The molecule has 4 nitrogen and oxygen atoms in total. The van der Waals surface area contributed by atoms with Crippen molar-refractivity contribution in [3.8, 4) is 11.1 Å². The van der Waals surface area contributed by atoms with E-state index in [1.165, 1.54) is 23.5 Å². The monoisotopic (exact) mass is 507 g/mol. The van der Waals surface area contributed by atoms with Gasteiger partial charge in [0.2, 0.25) is 5.91 Å². The molecule has 1 aliphatic rings.